The molecule has 1 aliphatic carbocycles. The number of benzene rings is 1. The zero-order chi connectivity index (χ0) is 22.2. The first-order valence-corrected chi connectivity index (χ1v) is 10.5. The second kappa shape index (κ2) is 8.49. The highest BCUT2D eigenvalue weighted by Crippen LogP contribution is 2.44. The molecule has 2 aliphatic rings. The van der Waals surface area contributed by atoms with Crippen LogP contribution < -0.4 is 5.32 Å². The summed E-state index contributed by atoms with van der Waals surface area (Å²) in [5.41, 5.74) is -0.336. The number of carbonyl (C=O) groups excluding carboxylic acids is 2. The van der Waals surface area contributed by atoms with E-state index in [9.17, 15) is 22.8 Å². The highest BCUT2D eigenvalue weighted by atomic mass is 35.5. The summed E-state index contributed by atoms with van der Waals surface area (Å²) < 4.78 is 40.3. The normalized spacial score (nSPS) is 23.2. The standard InChI is InChI=1S/C22H21ClF3N3O2/c23-16-3-4-18(26)28-19(16)21(31)29-10-9-22(12-29)7-5-14(6-8-22)27-20(30)15-2-1-13(24)11-17(15)25/h1-4,11,14H,5-10,12H2,(H,27,30). The third kappa shape index (κ3) is 4.54. The van der Waals surface area contributed by atoms with Gasteiger partial charge in [0, 0.05) is 25.2 Å². The van der Waals surface area contributed by atoms with Crippen LogP contribution in [0.25, 0.3) is 0 Å². The number of nitrogens with one attached hydrogen (secondary N) is 1. The molecule has 5 nitrogen and oxygen atoms in total. The zero-order valence-electron chi connectivity index (χ0n) is 16.6. The maximum atomic E-state index is 13.8. The molecule has 1 aliphatic heterocycles. The van der Waals surface area contributed by atoms with Gasteiger partial charge in [0.2, 0.25) is 5.95 Å². The van der Waals surface area contributed by atoms with E-state index in [2.05, 4.69) is 10.3 Å². The predicted octanol–water partition coefficient (Wildman–Crippen LogP) is 4.36. The van der Waals surface area contributed by atoms with Crippen LogP contribution in [0, 0.1) is 23.0 Å². The molecule has 9 heteroatoms. The van der Waals surface area contributed by atoms with Crippen LogP contribution in [-0.4, -0.2) is 40.8 Å². The van der Waals surface area contributed by atoms with Crippen molar-refractivity contribution in [3.63, 3.8) is 0 Å². The smallest absolute Gasteiger partial charge is 0.274 e. The maximum absolute atomic E-state index is 13.8. The lowest BCUT2D eigenvalue weighted by Gasteiger charge is -2.37. The van der Waals surface area contributed by atoms with Crippen LogP contribution in [0.1, 0.15) is 53.0 Å². The van der Waals surface area contributed by atoms with Crippen LogP contribution >= 0.6 is 11.6 Å². The molecule has 0 unspecified atom stereocenters. The van der Waals surface area contributed by atoms with Crippen molar-refractivity contribution in [2.75, 3.05) is 13.1 Å². The fourth-order valence-electron chi connectivity index (χ4n) is 4.55. The summed E-state index contributed by atoms with van der Waals surface area (Å²) in [6.45, 7) is 1.05. The van der Waals surface area contributed by atoms with Crippen molar-refractivity contribution in [1.29, 1.82) is 0 Å². The van der Waals surface area contributed by atoms with Gasteiger partial charge in [-0.1, -0.05) is 11.6 Å². The minimum Gasteiger partial charge on any atom is -0.349 e. The second-order valence-electron chi connectivity index (χ2n) is 8.31. The molecule has 2 aromatic rings. The Balaban J connectivity index is 1.35. The van der Waals surface area contributed by atoms with Gasteiger partial charge in [0.1, 0.15) is 17.3 Å². The number of amides is 2. The summed E-state index contributed by atoms with van der Waals surface area (Å²) in [5.74, 6) is -3.32. The number of carbonyl (C=O) groups is 2. The van der Waals surface area contributed by atoms with Gasteiger partial charge in [-0.3, -0.25) is 9.59 Å². The highest BCUT2D eigenvalue weighted by molar-refractivity contribution is 6.33. The topological polar surface area (TPSA) is 62.3 Å². The number of hydrogen-bond donors (Lipinski definition) is 1. The monoisotopic (exact) mass is 451 g/mol. The average Bonchev–Trinajstić information content (AvgIpc) is 3.15. The van der Waals surface area contributed by atoms with E-state index < -0.39 is 23.5 Å². The van der Waals surface area contributed by atoms with Crippen LogP contribution in [0.15, 0.2) is 30.3 Å². The molecule has 1 aromatic heterocycles. The van der Waals surface area contributed by atoms with Crippen LogP contribution in [0.2, 0.25) is 5.02 Å². The summed E-state index contributed by atoms with van der Waals surface area (Å²) in [6, 6.07) is 5.19. The number of nitrogens with zero attached hydrogens (tertiary/aromatic N) is 2. The Labute approximate surface area is 182 Å². The number of hydrogen-bond acceptors (Lipinski definition) is 3. The second-order valence-corrected chi connectivity index (χ2v) is 8.72. The third-order valence-electron chi connectivity index (χ3n) is 6.30. The van der Waals surface area contributed by atoms with Crippen LogP contribution in [0.5, 0.6) is 0 Å². The molecule has 1 spiro atoms. The van der Waals surface area contributed by atoms with Gasteiger partial charge in [-0.05, 0) is 61.8 Å². The number of likely N-dealkylation sites (tertiary alicyclic amines) is 1. The molecule has 1 N–H and O–H groups in total. The number of pyridine rings is 1. The Morgan fingerprint density at radius 3 is 2.55 bits per heavy atom. The Hall–Kier alpha value is -2.61. The number of aromatic nitrogens is 1. The summed E-state index contributed by atoms with van der Waals surface area (Å²) >= 11 is 6.02. The highest BCUT2D eigenvalue weighted by Gasteiger charge is 2.43. The van der Waals surface area contributed by atoms with Crippen molar-refractivity contribution in [2.24, 2.45) is 5.41 Å². The van der Waals surface area contributed by atoms with Gasteiger partial charge in [0.25, 0.3) is 11.8 Å². The van der Waals surface area contributed by atoms with E-state index in [1.54, 1.807) is 4.90 Å². The third-order valence-corrected chi connectivity index (χ3v) is 6.60. The van der Waals surface area contributed by atoms with Crippen molar-refractivity contribution >= 4 is 23.4 Å². The van der Waals surface area contributed by atoms with Gasteiger partial charge in [0.15, 0.2) is 0 Å². The van der Waals surface area contributed by atoms with E-state index in [-0.39, 0.29) is 33.6 Å². The predicted molar refractivity (Wildman–Crippen MR) is 108 cm³/mol. The van der Waals surface area contributed by atoms with Crippen LogP contribution in [-0.2, 0) is 0 Å². The molecular formula is C22H21ClF3N3O2. The molecule has 2 amide bonds. The molecule has 0 radical (unpaired) electrons. The molecule has 1 saturated carbocycles. The Morgan fingerprint density at radius 2 is 1.84 bits per heavy atom. The Bertz CT molecular complexity index is 1030. The van der Waals surface area contributed by atoms with E-state index in [0.717, 1.165) is 37.5 Å². The molecule has 4 rings (SSSR count). The minimum atomic E-state index is -0.889. The fraction of sp³-hybridized carbons (Fsp3) is 0.409. The number of halogens is 4. The van der Waals surface area contributed by atoms with Crippen LogP contribution in [0.4, 0.5) is 13.2 Å². The molecule has 1 aromatic carbocycles. The minimum absolute atomic E-state index is 0.0716. The fourth-order valence-corrected chi connectivity index (χ4v) is 4.73. The van der Waals surface area contributed by atoms with Gasteiger partial charge in [-0.25, -0.2) is 13.8 Å². The summed E-state index contributed by atoms with van der Waals surface area (Å²) in [7, 11) is 0. The summed E-state index contributed by atoms with van der Waals surface area (Å²) in [6.07, 6.45) is 3.76. The first-order valence-electron chi connectivity index (χ1n) is 10.1. The molecule has 1 saturated heterocycles. The van der Waals surface area contributed by atoms with Gasteiger partial charge >= 0.3 is 0 Å². The van der Waals surface area contributed by atoms with Gasteiger partial charge in [-0.15, -0.1) is 0 Å². The number of rotatable bonds is 3. The molecule has 31 heavy (non-hydrogen) atoms. The lowest BCUT2D eigenvalue weighted by molar-refractivity contribution is 0.0744. The Morgan fingerprint density at radius 1 is 1.10 bits per heavy atom. The average molecular weight is 452 g/mol. The zero-order valence-corrected chi connectivity index (χ0v) is 17.4. The van der Waals surface area contributed by atoms with E-state index in [1.165, 1.54) is 6.07 Å². The lowest BCUT2D eigenvalue weighted by Crippen LogP contribution is -2.42. The van der Waals surface area contributed by atoms with E-state index in [1.807, 2.05) is 0 Å². The van der Waals surface area contributed by atoms with Crippen molar-refractivity contribution < 1.29 is 22.8 Å². The summed E-state index contributed by atoms with van der Waals surface area (Å²) in [4.78, 5) is 30.4. The first kappa shape index (κ1) is 21.6. The first-order chi connectivity index (χ1) is 14.8. The largest absolute Gasteiger partial charge is 0.349 e. The molecule has 0 atom stereocenters. The molecular weight excluding hydrogens is 431 g/mol. The summed E-state index contributed by atoms with van der Waals surface area (Å²) in [5, 5.41) is 2.94. The molecule has 2 heterocycles. The quantitative estimate of drug-likeness (QED) is 0.705. The maximum Gasteiger partial charge on any atom is 0.274 e. The van der Waals surface area contributed by atoms with Crippen molar-refractivity contribution in [1.82, 2.24) is 15.2 Å². The van der Waals surface area contributed by atoms with Crippen LogP contribution in [0.3, 0.4) is 0 Å². The van der Waals surface area contributed by atoms with Gasteiger partial charge < -0.3 is 10.2 Å². The van der Waals surface area contributed by atoms with Crippen molar-refractivity contribution in [3.8, 4) is 0 Å². The molecule has 164 valence electrons. The van der Waals surface area contributed by atoms with Gasteiger partial charge in [0.05, 0.1) is 10.6 Å². The van der Waals surface area contributed by atoms with Crippen molar-refractivity contribution in [3.05, 3.63) is 64.2 Å². The van der Waals surface area contributed by atoms with E-state index in [0.29, 0.717) is 32.0 Å². The van der Waals surface area contributed by atoms with Gasteiger partial charge in [-0.2, -0.15) is 4.39 Å². The van der Waals surface area contributed by atoms with E-state index in [4.69, 9.17) is 11.6 Å². The lowest BCUT2D eigenvalue weighted by atomic mass is 9.72. The molecule has 2 fully saturated rings. The van der Waals surface area contributed by atoms with Crippen molar-refractivity contribution in [2.45, 2.75) is 38.1 Å². The SMILES string of the molecule is O=C(NC1CCC2(CC1)CCN(C(=O)c1nc(F)ccc1Cl)C2)c1ccc(F)cc1F. The Kier molecular flexibility index (Phi) is 5.92. The van der Waals surface area contributed by atoms with E-state index >= 15 is 0 Å². The molecule has 0 bridgehead atoms.